The molecule has 27 heavy (non-hydrogen) atoms. The van der Waals surface area contributed by atoms with Crippen LogP contribution in [0.2, 0.25) is 0 Å². The summed E-state index contributed by atoms with van der Waals surface area (Å²) in [6, 6.07) is 16.5. The molecular weight excluding hydrogens is 342 g/mol. The first-order valence-corrected chi connectivity index (χ1v) is 9.47. The highest BCUT2D eigenvalue weighted by Gasteiger charge is 2.17. The molecule has 1 aliphatic rings. The number of esters is 1. The Bertz CT molecular complexity index is 737. The van der Waals surface area contributed by atoms with Gasteiger partial charge in [-0.3, -0.25) is 9.59 Å². The molecule has 0 bridgehead atoms. The van der Waals surface area contributed by atoms with Gasteiger partial charge >= 0.3 is 5.97 Å². The molecule has 0 aliphatic heterocycles. The number of ether oxygens (including phenoxy) is 2. The van der Waals surface area contributed by atoms with Crippen molar-refractivity contribution in [2.75, 3.05) is 11.9 Å². The fourth-order valence-electron chi connectivity index (χ4n) is 3.27. The lowest BCUT2D eigenvalue weighted by molar-refractivity contribution is -0.147. The Labute approximate surface area is 159 Å². The van der Waals surface area contributed by atoms with Crippen molar-refractivity contribution >= 4 is 17.6 Å². The average Bonchev–Trinajstić information content (AvgIpc) is 3.21. The number of hydrogen-bond donors (Lipinski definition) is 1. The molecule has 5 nitrogen and oxygen atoms in total. The number of nitrogens with one attached hydrogen (secondary N) is 1. The summed E-state index contributed by atoms with van der Waals surface area (Å²) in [4.78, 5) is 23.7. The first-order chi connectivity index (χ1) is 13.2. The van der Waals surface area contributed by atoms with Crippen LogP contribution in [0, 0.1) is 5.92 Å². The van der Waals surface area contributed by atoms with Crippen LogP contribution >= 0.6 is 0 Å². The summed E-state index contributed by atoms with van der Waals surface area (Å²) in [5.41, 5.74) is 0.627. The molecule has 2 aromatic rings. The van der Waals surface area contributed by atoms with E-state index in [4.69, 9.17) is 9.47 Å². The molecule has 2 aromatic carbocycles. The van der Waals surface area contributed by atoms with Crippen LogP contribution in [-0.2, 0) is 14.3 Å². The van der Waals surface area contributed by atoms with Gasteiger partial charge < -0.3 is 14.8 Å². The Hall–Kier alpha value is -2.82. The zero-order valence-electron chi connectivity index (χ0n) is 15.4. The Kier molecular flexibility index (Phi) is 6.85. The Morgan fingerprint density at radius 1 is 0.926 bits per heavy atom. The zero-order chi connectivity index (χ0) is 18.9. The van der Waals surface area contributed by atoms with Crippen LogP contribution < -0.4 is 10.1 Å². The summed E-state index contributed by atoms with van der Waals surface area (Å²) in [6.07, 6.45) is 6.19. The minimum absolute atomic E-state index is 0.258. The molecule has 5 heteroatoms. The molecule has 0 aromatic heterocycles. The summed E-state index contributed by atoms with van der Waals surface area (Å²) in [6.45, 7) is -0.258. The van der Waals surface area contributed by atoms with Gasteiger partial charge in [-0.25, -0.2) is 0 Å². The van der Waals surface area contributed by atoms with Gasteiger partial charge in [0.15, 0.2) is 6.61 Å². The van der Waals surface area contributed by atoms with Gasteiger partial charge in [-0.1, -0.05) is 43.9 Å². The van der Waals surface area contributed by atoms with Crippen molar-refractivity contribution in [1.82, 2.24) is 0 Å². The highest BCUT2D eigenvalue weighted by atomic mass is 16.5. The number of carbonyl (C=O) groups excluding carboxylic acids is 2. The van der Waals surface area contributed by atoms with Crippen LogP contribution in [0.5, 0.6) is 11.5 Å². The molecule has 1 amide bonds. The summed E-state index contributed by atoms with van der Waals surface area (Å²) >= 11 is 0. The van der Waals surface area contributed by atoms with E-state index in [-0.39, 0.29) is 18.5 Å². The molecule has 1 fully saturated rings. The highest BCUT2D eigenvalue weighted by molar-refractivity contribution is 5.92. The number of benzene rings is 2. The number of rotatable bonds is 8. The van der Waals surface area contributed by atoms with Crippen LogP contribution in [0.25, 0.3) is 0 Å². The Morgan fingerprint density at radius 3 is 2.30 bits per heavy atom. The lowest BCUT2D eigenvalue weighted by Gasteiger charge is -2.10. The van der Waals surface area contributed by atoms with Crippen LogP contribution in [0.1, 0.15) is 38.5 Å². The standard InChI is InChI=1S/C22H25NO4/c24-21(16-26-22(25)15-10-17-6-4-5-7-17)23-18-11-13-20(14-12-18)27-19-8-2-1-3-9-19/h1-3,8-9,11-14,17H,4-7,10,15-16H2,(H,23,24). The smallest absolute Gasteiger partial charge is 0.306 e. The third-order valence-electron chi connectivity index (χ3n) is 4.71. The molecule has 0 radical (unpaired) electrons. The average molecular weight is 367 g/mol. The van der Waals surface area contributed by atoms with E-state index in [0.29, 0.717) is 23.8 Å². The monoisotopic (exact) mass is 367 g/mol. The van der Waals surface area contributed by atoms with Crippen molar-refractivity contribution in [3.8, 4) is 11.5 Å². The van der Waals surface area contributed by atoms with Crippen LogP contribution in [0.15, 0.2) is 54.6 Å². The Balaban J connectivity index is 1.37. The Morgan fingerprint density at radius 2 is 1.59 bits per heavy atom. The number of para-hydroxylation sites is 1. The quantitative estimate of drug-likeness (QED) is 0.672. The maximum absolute atomic E-state index is 11.9. The second kappa shape index (κ2) is 9.76. The zero-order valence-corrected chi connectivity index (χ0v) is 15.4. The van der Waals surface area contributed by atoms with Crippen molar-refractivity contribution in [2.24, 2.45) is 5.92 Å². The van der Waals surface area contributed by atoms with Crippen molar-refractivity contribution < 1.29 is 19.1 Å². The first-order valence-electron chi connectivity index (χ1n) is 9.47. The summed E-state index contributed by atoms with van der Waals surface area (Å²) in [5, 5.41) is 2.71. The van der Waals surface area contributed by atoms with E-state index in [1.54, 1.807) is 24.3 Å². The number of anilines is 1. The van der Waals surface area contributed by atoms with Gasteiger partial charge in [-0.2, -0.15) is 0 Å². The molecule has 3 rings (SSSR count). The van der Waals surface area contributed by atoms with E-state index in [0.717, 1.165) is 12.2 Å². The van der Waals surface area contributed by atoms with Crippen LogP contribution in [-0.4, -0.2) is 18.5 Å². The maximum atomic E-state index is 11.9. The van der Waals surface area contributed by atoms with Gasteiger partial charge in [0.05, 0.1) is 0 Å². The SMILES string of the molecule is O=C(COC(=O)CCC1CCCC1)Nc1ccc(Oc2ccccc2)cc1. The second-order valence-corrected chi connectivity index (χ2v) is 6.84. The molecule has 0 atom stereocenters. The van der Waals surface area contributed by atoms with E-state index >= 15 is 0 Å². The molecule has 0 saturated heterocycles. The van der Waals surface area contributed by atoms with Crippen molar-refractivity contribution in [1.29, 1.82) is 0 Å². The largest absolute Gasteiger partial charge is 0.457 e. The fraction of sp³-hybridized carbons (Fsp3) is 0.364. The normalized spacial score (nSPS) is 13.9. The number of carbonyl (C=O) groups is 2. The number of amides is 1. The van der Waals surface area contributed by atoms with E-state index in [1.807, 2.05) is 30.3 Å². The molecular formula is C22H25NO4. The summed E-state index contributed by atoms with van der Waals surface area (Å²) in [5.74, 6) is 1.42. The van der Waals surface area contributed by atoms with Gasteiger partial charge in [-0.05, 0) is 48.7 Å². The molecule has 1 saturated carbocycles. The van der Waals surface area contributed by atoms with Crippen molar-refractivity contribution in [2.45, 2.75) is 38.5 Å². The lowest BCUT2D eigenvalue weighted by atomic mass is 10.0. The van der Waals surface area contributed by atoms with Crippen molar-refractivity contribution in [3.05, 3.63) is 54.6 Å². The van der Waals surface area contributed by atoms with E-state index in [1.165, 1.54) is 25.7 Å². The minimum atomic E-state index is -0.346. The van der Waals surface area contributed by atoms with Gasteiger partial charge in [-0.15, -0.1) is 0 Å². The van der Waals surface area contributed by atoms with Gasteiger partial charge in [0.1, 0.15) is 11.5 Å². The van der Waals surface area contributed by atoms with Gasteiger partial charge in [0, 0.05) is 12.1 Å². The fourth-order valence-corrected chi connectivity index (χ4v) is 3.27. The number of hydrogen-bond acceptors (Lipinski definition) is 4. The molecule has 0 heterocycles. The van der Waals surface area contributed by atoms with Gasteiger partial charge in [0.2, 0.25) is 0 Å². The summed E-state index contributed by atoms with van der Waals surface area (Å²) < 4.78 is 10.8. The van der Waals surface area contributed by atoms with E-state index in [9.17, 15) is 9.59 Å². The molecule has 142 valence electrons. The highest BCUT2D eigenvalue weighted by Crippen LogP contribution is 2.28. The first kappa shape index (κ1) is 19.0. The third-order valence-corrected chi connectivity index (χ3v) is 4.71. The summed E-state index contributed by atoms with van der Waals surface area (Å²) in [7, 11) is 0. The van der Waals surface area contributed by atoms with E-state index < -0.39 is 0 Å². The van der Waals surface area contributed by atoms with Crippen LogP contribution in [0.4, 0.5) is 5.69 Å². The molecule has 0 unspecified atom stereocenters. The van der Waals surface area contributed by atoms with E-state index in [2.05, 4.69) is 5.32 Å². The predicted molar refractivity (Wildman–Crippen MR) is 104 cm³/mol. The van der Waals surface area contributed by atoms with Crippen molar-refractivity contribution in [3.63, 3.8) is 0 Å². The second-order valence-electron chi connectivity index (χ2n) is 6.84. The lowest BCUT2D eigenvalue weighted by Crippen LogP contribution is -2.21. The maximum Gasteiger partial charge on any atom is 0.306 e. The topological polar surface area (TPSA) is 64.6 Å². The van der Waals surface area contributed by atoms with Crippen LogP contribution in [0.3, 0.4) is 0 Å². The molecule has 1 N–H and O–H groups in total. The predicted octanol–water partition coefficient (Wildman–Crippen LogP) is 4.93. The van der Waals surface area contributed by atoms with Gasteiger partial charge in [0.25, 0.3) is 5.91 Å². The minimum Gasteiger partial charge on any atom is -0.457 e. The third kappa shape index (κ3) is 6.44. The molecule has 0 spiro atoms. The molecule has 1 aliphatic carbocycles.